The number of aryl methyl sites for hydroxylation is 2. The summed E-state index contributed by atoms with van der Waals surface area (Å²) < 4.78 is 30.0. The van der Waals surface area contributed by atoms with E-state index in [-0.39, 0.29) is 0 Å². The molecule has 1 aromatic carbocycles. The zero-order chi connectivity index (χ0) is 15.6. The van der Waals surface area contributed by atoms with Crippen LogP contribution in [-0.4, -0.2) is 32.4 Å². The predicted molar refractivity (Wildman–Crippen MR) is 89.5 cm³/mol. The molecule has 7 heteroatoms. The van der Waals surface area contributed by atoms with Crippen LogP contribution in [0.3, 0.4) is 0 Å². The molecule has 0 unspecified atom stereocenters. The number of hydrogen-bond donors (Lipinski definition) is 2. The highest BCUT2D eigenvalue weighted by Crippen LogP contribution is 2.30. The summed E-state index contributed by atoms with van der Waals surface area (Å²) in [5.74, 6) is 0.435. The SMILES string of the molecule is Cc1cc(C)c(NS(=O)(=O)N2CCC(CN)CC2)c(Br)c1. The zero-order valence-corrected chi connectivity index (χ0v) is 14.8. The fourth-order valence-corrected chi connectivity index (χ4v) is 4.88. The molecule has 0 saturated carbocycles. The van der Waals surface area contributed by atoms with Gasteiger partial charge in [0, 0.05) is 17.6 Å². The van der Waals surface area contributed by atoms with Gasteiger partial charge in [-0.25, -0.2) is 0 Å². The highest BCUT2D eigenvalue weighted by Gasteiger charge is 2.28. The summed E-state index contributed by atoms with van der Waals surface area (Å²) in [6.07, 6.45) is 1.65. The maximum Gasteiger partial charge on any atom is 0.301 e. The molecule has 0 bridgehead atoms. The van der Waals surface area contributed by atoms with E-state index in [1.807, 2.05) is 26.0 Å². The molecule has 0 radical (unpaired) electrons. The van der Waals surface area contributed by atoms with Crippen LogP contribution in [0.25, 0.3) is 0 Å². The molecule has 1 heterocycles. The molecule has 0 amide bonds. The van der Waals surface area contributed by atoms with Crippen molar-refractivity contribution in [2.24, 2.45) is 11.7 Å². The van der Waals surface area contributed by atoms with Crippen molar-refractivity contribution in [3.63, 3.8) is 0 Å². The Morgan fingerprint density at radius 2 is 1.95 bits per heavy atom. The molecule has 3 N–H and O–H groups in total. The first-order chi connectivity index (χ1) is 9.83. The third-order valence-electron chi connectivity index (χ3n) is 3.91. The second kappa shape index (κ2) is 6.64. The molecule has 0 aliphatic carbocycles. The summed E-state index contributed by atoms with van der Waals surface area (Å²) >= 11 is 3.43. The minimum atomic E-state index is -3.51. The molecule has 1 aromatic rings. The lowest BCUT2D eigenvalue weighted by atomic mass is 9.99. The zero-order valence-electron chi connectivity index (χ0n) is 12.4. The smallest absolute Gasteiger partial charge is 0.301 e. The Balaban J connectivity index is 2.15. The van der Waals surface area contributed by atoms with Crippen LogP contribution in [0.2, 0.25) is 0 Å². The van der Waals surface area contributed by atoms with Crippen LogP contribution in [0.5, 0.6) is 0 Å². The molecule has 0 spiro atoms. The molecule has 1 saturated heterocycles. The Morgan fingerprint density at radius 3 is 2.48 bits per heavy atom. The van der Waals surface area contributed by atoms with Gasteiger partial charge in [0.1, 0.15) is 0 Å². The van der Waals surface area contributed by atoms with Gasteiger partial charge in [-0.1, -0.05) is 6.07 Å². The van der Waals surface area contributed by atoms with Gasteiger partial charge >= 0.3 is 10.2 Å². The molecule has 5 nitrogen and oxygen atoms in total. The van der Waals surface area contributed by atoms with Crippen molar-refractivity contribution >= 4 is 31.8 Å². The van der Waals surface area contributed by atoms with Crippen LogP contribution in [0, 0.1) is 19.8 Å². The Morgan fingerprint density at radius 1 is 1.33 bits per heavy atom. The Hall–Kier alpha value is -0.630. The average Bonchev–Trinajstić information content (AvgIpc) is 2.43. The van der Waals surface area contributed by atoms with E-state index in [0.717, 1.165) is 28.4 Å². The fourth-order valence-electron chi connectivity index (χ4n) is 2.62. The minimum absolute atomic E-state index is 0.435. The van der Waals surface area contributed by atoms with Gasteiger partial charge in [0.2, 0.25) is 0 Å². The van der Waals surface area contributed by atoms with Gasteiger partial charge in [-0.15, -0.1) is 0 Å². The first-order valence-corrected chi connectivity index (χ1v) is 9.31. The van der Waals surface area contributed by atoms with Crippen molar-refractivity contribution in [1.29, 1.82) is 0 Å². The lowest BCUT2D eigenvalue weighted by molar-refractivity contribution is 0.280. The molecule has 0 aromatic heterocycles. The Kier molecular flexibility index (Phi) is 5.29. The van der Waals surface area contributed by atoms with Crippen molar-refractivity contribution in [3.05, 3.63) is 27.7 Å². The van der Waals surface area contributed by atoms with Crippen LogP contribution in [-0.2, 0) is 10.2 Å². The van der Waals surface area contributed by atoms with Gasteiger partial charge in [0.25, 0.3) is 0 Å². The maximum absolute atomic E-state index is 12.5. The number of piperidine rings is 1. The lowest BCUT2D eigenvalue weighted by Crippen LogP contribution is -2.42. The largest absolute Gasteiger partial charge is 0.330 e. The van der Waals surface area contributed by atoms with Crippen molar-refractivity contribution in [2.45, 2.75) is 26.7 Å². The summed E-state index contributed by atoms with van der Waals surface area (Å²) in [6, 6.07) is 3.87. The second-order valence-corrected chi connectivity index (χ2v) is 8.15. The highest BCUT2D eigenvalue weighted by atomic mass is 79.9. The number of halogens is 1. The molecule has 21 heavy (non-hydrogen) atoms. The third-order valence-corrected chi connectivity index (χ3v) is 6.04. The number of rotatable bonds is 4. The van der Waals surface area contributed by atoms with E-state index in [2.05, 4.69) is 20.7 Å². The number of nitrogens with two attached hydrogens (primary N) is 1. The van der Waals surface area contributed by atoms with Gasteiger partial charge in [-0.3, -0.25) is 4.72 Å². The normalized spacial score (nSPS) is 17.9. The van der Waals surface area contributed by atoms with E-state index >= 15 is 0 Å². The molecule has 1 aliphatic rings. The van der Waals surface area contributed by atoms with Crippen molar-refractivity contribution in [3.8, 4) is 0 Å². The van der Waals surface area contributed by atoms with Crippen molar-refractivity contribution < 1.29 is 8.42 Å². The van der Waals surface area contributed by atoms with Gasteiger partial charge in [-0.05, 0) is 72.3 Å². The van der Waals surface area contributed by atoms with E-state index in [0.29, 0.717) is 31.2 Å². The molecule has 0 atom stereocenters. The standard InChI is InChI=1S/C14H22BrN3O2S/c1-10-7-11(2)14(13(15)8-10)17-21(19,20)18-5-3-12(9-16)4-6-18/h7-8,12,17H,3-6,9,16H2,1-2H3. The predicted octanol–water partition coefficient (Wildman–Crippen LogP) is 2.39. The first kappa shape index (κ1) is 16.7. The molecule has 118 valence electrons. The number of benzene rings is 1. The molecule has 1 aliphatic heterocycles. The minimum Gasteiger partial charge on any atom is -0.330 e. The number of anilines is 1. The summed E-state index contributed by atoms with van der Waals surface area (Å²) in [7, 11) is -3.51. The van der Waals surface area contributed by atoms with E-state index < -0.39 is 10.2 Å². The Bertz CT molecular complexity index is 588. The van der Waals surface area contributed by atoms with Crippen LogP contribution in [0.15, 0.2) is 16.6 Å². The second-order valence-electron chi connectivity index (χ2n) is 5.62. The number of hydrogen-bond acceptors (Lipinski definition) is 3. The monoisotopic (exact) mass is 375 g/mol. The highest BCUT2D eigenvalue weighted by molar-refractivity contribution is 9.10. The van der Waals surface area contributed by atoms with E-state index in [1.54, 1.807) is 0 Å². The molecule has 1 fully saturated rings. The van der Waals surface area contributed by atoms with Crippen LogP contribution in [0.1, 0.15) is 24.0 Å². The first-order valence-electron chi connectivity index (χ1n) is 7.08. The van der Waals surface area contributed by atoms with Crippen molar-refractivity contribution in [1.82, 2.24) is 4.31 Å². The fraction of sp³-hybridized carbons (Fsp3) is 0.571. The summed E-state index contributed by atoms with van der Waals surface area (Å²) in [5, 5.41) is 0. The quantitative estimate of drug-likeness (QED) is 0.847. The number of nitrogens with zero attached hydrogens (tertiary/aromatic N) is 1. The summed E-state index contributed by atoms with van der Waals surface area (Å²) in [6.45, 7) is 5.56. The topological polar surface area (TPSA) is 75.4 Å². The average molecular weight is 376 g/mol. The molecular weight excluding hydrogens is 354 g/mol. The summed E-state index contributed by atoms with van der Waals surface area (Å²) in [4.78, 5) is 0. The number of nitrogens with one attached hydrogen (secondary N) is 1. The molecular formula is C14H22BrN3O2S. The van der Waals surface area contributed by atoms with E-state index in [1.165, 1.54) is 4.31 Å². The lowest BCUT2D eigenvalue weighted by Gasteiger charge is -2.31. The molecule has 2 rings (SSSR count). The van der Waals surface area contributed by atoms with Gasteiger partial charge < -0.3 is 5.73 Å². The van der Waals surface area contributed by atoms with Gasteiger partial charge in [0.05, 0.1) is 5.69 Å². The maximum atomic E-state index is 12.5. The van der Waals surface area contributed by atoms with E-state index in [9.17, 15) is 8.42 Å². The summed E-state index contributed by atoms with van der Waals surface area (Å²) in [5.41, 5.74) is 8.25. The van der Waals surface area contributed by atoms with Crippen LogP contribution < -0.4 is 10.5 Å². The van der Waals surface area contributed by atoms with Crippen molar-refractivity contribution in [2.75, 3.05) is 24.4 Å². The van der Waals surface area contributed by atoms with Crippen LogP contribution >= 0.6 is 15.9 Å². The van der Waals surface area contributed by atoms with E-state index in [4.69, 9.17) is 5.73 Å². The third kappa shape index (κ3) is 3.97. The van der Waals surface area contributed by atoms with Gasteiger partial charge in [0.15, 0.2) is 0 Å². The van der Waals surface area contributed by atoms with Gasteiger partial charge in [-0.2, -0.15) is 12.7 Å². The Labute approximate surface area is 135 Å². The van der Waals surface area contributed by atoms with Crippen LogP contribution in [0.4, 0.5) is 5.69 Å².